The van der Waals surface area contributed by atoms with E-state index in [-0.39, 0.29) is 11.3 Å². The number of nitrogens with zero attached hydrogens (tertiary/aromatic N) is 2. The standard InChI is InChI=1S/C25H28N2O6/c1-31-18-7-5-6-17(16-18)22-21(23(28)19-8-3-4-9-20(19)32-2)24(29)25(30)27(22)11-10-26-12-14-33-15-13-26/h3-9,16,22,28H,10-15H2,1-2H3/b23-21+. The number of carbonyl (C=O) groups excluding carboxylic acids is 2. The van der Waals surface area contributed by atoms with Crippen LogP contribution < -0.4 is 9.47 Å². The van der Waals surface area contributed by atoms with Gasteiger partial charge in [0.15, 0.2) is 0 Å². The molecule has 2 fully saturated rings. The molecule has 0 aromatic heterocycles. The molecule has 1 N–H and O–H groups in total. The summed E-state index contributed by atoms with van der Waals surface area (Å²) in [4.78, 5) is 30.1. The van der Waals surface area contributed by atoms with Crippen molar-refractivity contribution in [2.24, 2.45) is 0 Å². The van der Waals surface area contributed by atoms with Gasteiger partial charge >= 0.3 is 0 Å². The van der Waals surface area contributed by atoms with Gasteiger partial charge < -0.3 is 24.2 Å². The summed E-state index contributed by atoms with van der Waals surface area (Å²) in [6, 6.07) is 13.4. The van der Waals surface area contributed by atoms with E-state index < -0.39 is 17.7 Å². The fourth-order valence-electron chi connectivity index (χ4n) is 4.33. The molecule has 33 heavy (non-hydrogen) atoms. The topological polar surface area (TPSA) is 88.5 Å². The Morgan fingerprint density at radius 2 is 1.79 bits per heavy atom. The number of carbonyl (C=O) groups is 2. The predicted molar refractivity (Wildman–Crippen MR) is 122 cm³/mol. The van der Waals surface area contributed by atoms with Crippen LogP contribution in [0.4, 0.5) is 0 Å². The first-order chi connectivity index (χ1) is 16.0. The Balaban J connectivity index is 1.78. The maximum absolute atomic E-state index is 13.2. The predicted octanol–water partition coefficient (Wildman–Crippen LogP) is 2.46. The summed E-state index contributed by atoms with van der Waals surface area (Å²) in [5, 5.41) is 11.3. The van der Waals surface area contributed by atoms with E-state index in [0.717, 1.165) is 13.1 Å². The number of morpholine rings is 1. The number of methoxy groups -OCH3 is 2. The van der Waals surface area contributed by atoms with Gasteiger partial charge in [-0.15, -0.1) is 0 Å². The maximum Gasteiger partial charge on any atom is 0.295 e. The summed E-state index contributed by atoms with van der Waals surface area (Å²) < 4.78 is 16.1. The second kappa shape index (κ2) is 10.1. The molecule has 0 radical (unpaired) electrons. The average molecular weight is 453 g/mol. The zero-order valence-corrected chi connectivity index (χ0v) is 18.8. The van der Waals surface area contributed by atoms with E-state index in [9.17, 15) is 14.7 Å². The van der Waals surface area contributed by atoms with E-state index in [1.54, 1.807) is 49.6 Å². The number of Topliss-reactive ketones (excluding diaryl/α,β-unsaturated/α-hetero) is 1. The Kier molecular flexibility index (Phi) is 6.96. The molecule has 2 aliphatic heterocycles. The zero-order chi connectivity index (χ0) is 23.4. The molecular formula is C25H28N2O6. The van der Waals surface area contributed by atoms with Gasteiger partial charge in [0, 0.05) is 26.2 Å². The van der Waals surface area contributed by atoms with Gasteiger partial charge in [-0.05, 0) is 29.8 Å². The Hall–Kier alpha value is -3.36. The molecule has 2 aliphatic rings. The molecule has 0 saturated carbocycles. The van der Waals surface area contributed by atoms with Crippen molar-refractivity contribution in [3.63, 3.8) is 0 Å². The SMILES string of the molecule is COc1cccc(C2/C(=C(\O)c3ccccc3OC)C(=O)C(=O)N2CCN2CCOCC2)c1. The molecule has 0 bridgehead atoms. The van der Waals surface area contributed by atoms with Crippen molar-refractivity contribution in [1.29, 1.82) is 0 Å². The molecule has 1 amide bonds. The molecule has 8 nitrogen and oxygen atoms in total. The quantitative estimate of drug-likeness (QED) is 0.392. The van der Waals surface area contributed by atoms with Crippen LogP contribution >= 0.6 is 0 Å². The lowest BCUT2D eigenvalue weighted by atomic mass is 9.95. The monoisotopic (exact) mass is 452 g/mol. The lowest BCUT2D eigenvalue weighted by molar-refractivity contribution is -0.140. The summed E-state index contributed by atoms with van der Waals surface area (Å²) in [5.74, 6) is -0.587. The minimum atomic E-state index is -0.744. The summed E-state index contributed by atoms with van der Waals surface area (Å²) in [7, 11) is 3.05. The van der Waals surface area contributed by atoms with Gasteiger partial charge in [-0.1, -0.05) is 24.3 Å². The minimum absolute atomic E-state index is 0.0414. The van der Waals surface area contributed by atoms with Crippen molar-refractivity contribution in [2.45, 2.75) is 6.04 Å². The lowest BCUT2D eigenvalue weighted by Crippen LogP contribution is -2.42. The number of amides is 1. The number of likely N-dealkylation sites (tertiary alicyclic amines) is 1. The Labute approximate surface area is 193 Å². The second-order valence-corrected chi connectivity index (χ2v) is 7.92. The number of ether oxygens (including phenoxy) is 3. The van der Waals surface area contributed by atoms with E-state index in [0.29, 0.717) is 48.9 Å². The van der Waals surface area contributed by atoms with Crippen LogP contribution in [0.2, 0.25) is 0 Å². The van der Waals surface area contributed by atoms with Crippen molar-refractivity contribution < 1.29 is 28.9 Å². The van der Waals surface area contributed by atoms with E-state index >= 15 is 0 Å². The number of aliphatic hydroxyl groups excluding tert-OH is 1. The number of ketones is 1. The molecule has 2 aromatic carbocycles. The fraction of sp³-hybridized carbons (Fsp3) is 0.360. The third kappa shape index (κ3) is 4.58. The number of hydrogen-bond acceptors (Lipinski definition) is 7. The zero-order valence-electron chi connectivity index (χ0n) is 18.8. The van der Waals surface area contributed by atoms with Gasteiger partial charge in [-0.3, -0.25) is 14.5 Å². The van der Waals surface area contributed by atoms with Crippen LogP contribution in [0.5, 0.6) is 11.5 Å². The number of para-hydroxylation sites is 1. The summed E-state index contributed by atoms with van der Waals surface area (Å²) >= 11 is 0. The highest BCUT2D eigenvalue weighted by molar-refractivity contribution is 6.46. The van der Waals surface area contributed by atoms with Gasteiger partial charge in [0.05, 0.1) is 44.6 Å². The number of rotatable bonds is 7. The fourth-order valence-corrected chi connectivity index (χ4v) is 4.33. The molecule has 0 spiro atoms. The Morgan fingerprint density at radius 1 is 1.03 bits per heavy atom. The van der Waals surface area contributed by atoms with Gasteiger partial charge in [-0.2, -0.15) is 0 Å². The van der Waals surface area contributed by atoms with Crippen LogP contribution in [-0.2, 0) is 14.3 Å². The largest absolute Gasteiger partial charge is 0.507 e. The minimum Gasteiger partial charge on any atom is -0.507 e. The van der Waals surface area contributed by atoms with E-state index in [4.69, 9.17) is 14.2 Å². The van der Waals surface area contributed by atoms with Crippen molar-refractivity contribution >= 4 is 17.4 Å². The second-order valence-electron chi connectivity index (χ2n) is 7.92. The highest BCUT2D eigenvalue weighted by Gasteiger charge is 2.46. The van der Waals surface area contributed by atoms with Crippen LogP contribution in [0.1, 0.15) is 17.2 Å². The van der Waals surface area contributed by atoms with Gasteiger partial charge in [0.2, 0.25) is 0 Å². The van der Waals surface area contributed by atoms with Crippen LogP contribution in [0.3, 0.4) is 0 Å². The van der Waals surface area contributed by atoms with Crippen molar-refractivity contribution in [2.75, 3.05) is 53.6 Å². The smallest absolute Gasteiger partial charge is 0.295 e. The third-order valence-corrected chi connectivity index (χ3v) is 6.07. The first-order valence-electron chi connectivity index (χ1n) is 10.9. The van der Waals surface area contributed by atoms with Crippen LogP contribution in [-0.4, -0.2) is 80.2 Å². The van der Waals surface area contributed by atoms with Gasteiger partial charge in [-0.25, -0.2) is 0 Å². The Bertz CT molecular complexity index is 1060. The first kappa shape index (κ1) is 22.8. The van der Waals surface area contributed by atoms with E-state index in [1.807, 2.05) is 6.07 Å². The lowest BCUT2D eigenvalue weighted by Gasteiger charge is -2.31. The summed E-state index contributed by atoms with van der Waals surface area (Å²) in [6.07, 6.45) is 0. The molecule has 2 heterocycles. The first-order valence-corrected chi connectivity index (χ1v) is 10.9. The molecule has 4 rings (SSSR count). The van der Waals surface area contributed by atoms with Gasteiger partial charge in [0.25, 0.3) is 11.7 Å². The highest BCUT2D eigenvalue weighted by Crippen LogP contribution is 2.41. The Morgan fingerprint density at radius 3 is 2.52 bits per heavy atom. The molecule has 174 valence electrons. The molecule has 8 heteroatoms. The van der Waals surface area contributed by atoms with Crippen LogP contribution in [0.15, 0.2) is 54.1 Å². The third-order valence-electron chi connectivity index (χ3n) is 6.07. The number of aliphatic hydroxyl groups is 1. The molecule has 0 aliphatic carbocycles. The molecule has 2 saturated heterocycles. The average Bonchev–Trinajstić information content (AvgIpc) is 3.12. The van der Waals surface area contributed by atoms with E-state index in [1.165, 1.54) is 12.0 Å². The van der Waals surface area contributed by atoms with Gasteiger partial charge in [0.1, 0.15) is 17.3 Å². The molecular weight excluding hydrogens is 424 g/mol. The summed E-state index contributed by atoms with van der Waals surface area (Å²) in [6.45, 7) is 3.78. The van der Waals surface area contributed by atoms with Crippen molar-refractivity contribution in [3.05, 3.63) is 65.2 Å². The van der Waals surface area contributed by atoms with Crippen molar-refractivity contribution in [1.82, 2.24) is 9.80 Å². The van der Waals surface area contributed by atoms with E-state index in [2.05, 4.69) is 4.90 Å². The highest BCUT2D eigenvalue weighted by atomic mass is 16.5. The number of benzene rings is 2. The molecule has 1 unspecified atom stereocenters. The maximum atomic E-state index is 13.2. The normalized spacial score (nSPS) is 20.8. The van der Waals surface area contributed by atoms with Crippen LogP contribution in [0.25, 0.3) is 5.76 Å². The molecule has 1 atom stereocenters. The van der Waals surface area contributed by atoms with Crippen LogP contribution in [0, 0.1) is 0 Å². The molecule has 2 aromatic rings. The van der Waals surface area contributed by atoms with Crippen molar-refractivity contribution in [3.8, 4) is 11.5 Å². The summed E-state index contributed by atoms with van der Waals surface area (Å²) in [5.41, 5.74) is 1.09. The number of hydrogen-bond donors (Lipinski definition) is 1.